The summed E-state index contributed by atoms with van der Waals surface area (Å²) in [6.45, 7) is 3.93. The highest BCUT2D eigenvalue weighted by Gasteiger charge is 2.15. The first kappa shape index (κ1) is 20.8. The van der Waals surface area contributed by atoms with Crippen molar-refractivity contribution >= 4 is 28.5 Å². The molecule has 0 saturated carbocycles. The van der Waals surface area contributed by atoms with E-state index in [-0.39, 0.29) is 10.8 Å². The van der Waals surface area contributed by atoms with Crippen LogP contribution in [0.15, 0.2) is 107 Å². The molecule has 0 bridgehead atoms. The molecule has 1 atom stereocenters. The van der Waals surface area contributed by atoms with Crippen molar-refractivity contribution < 1.29 is 0 Å². The fourth-order valence-corrected chi connectivity index (χ4v) is 4.25. The molecule has 5 nitrogen and oxygen atoms in total. The molecule has 0 saturated heterocycles. The average Bonchev–Trinajstić information content (AvgIpc) is 2.80. The molecule has 4 rings (SSSR count). The average molecular weight is 429 g/mol. The standard InChI is InChI=1S/C25H24N4OS/c1-3-10-18(4-2)28-23-16-22(30)20-17-27-25(31-24-13-8-9-14-26-24)15-21(20)29(23)19-11-6-5-7-12-19/h3-17,24,26,28H,1-2H3/b10-3-,18-4+. The van der Waals surface area contributed by atoms with E-state index in [1.165, 1.54) is 0 Å². The number of benzene rings is 1. The smallest absolute Gasteiger partial charge is 0.193 e. The molecule has 1 unspecified atom stereocenters. The third-order valence-electron chi connectivity index (χ3n) is 4.82. The lowest BCUT2D eigenvalue weighted by atomic mass is 10.2. The number of nitrogens with zero attached hydrogens (tertiary/aromatic N) is 2. The summed E-state index contributed by atoms with van der Waals surface area (Å²) >= 11 is 1.60. The Bertz CT molecular complexity index is 1260. The van der Waals surface area contributed by atoms with Crippen LogP contribution in [-0.4, -0.2) is 14.9 Å². The summed E-state index contributed by atoms with van der Waals surface area (Å²) < 4.78 is 2.07. The van der Waals surface area contributed by atoms with E-state index >= 15 is 0 Å². The first-order chi connectivity index (χ1) is 15.2. The predicted octanol–water partition coefficient (Wildman–Crippen LogP) is 5.37. The van der Waals surface area contributed by atoms with Gasteiger partial charge in [-0.05, 0) is 50.4 Å². The molecule has 1 aliphatic heterocycles. The van der Waals surface area contributed by atoms with Gasteiger partial charge in [0, 0.05) is 23.6 Å². The second-order valence-corrected chi connectivity index (χ2v) is 8.08. The topological polar surface area (TPSA) is 59.0 Å². The van der Waals surface area contributed by atoms with Crippen LogP contribution in [0.5, 0.6) is 0 Å². The minimum atomic E-state index is -0.0664. The molecular weight excluding hydrogens is 404 g/mol. The van der Waals surface area contributed by atoms with Crippen LogP contribution in [0.1, 0.15) is 13.8 Å². The lowest BCUT2D eigenvalue weighted by molar-refractivity contribution is 0.907. The Hall–Kier alpha value is -3.51. The Morgan fingerprint density at radius 1 is 1.19 bits per heavy atom. The van der Waals surface area contributed by atoms with Crippen molar-refractivity contribution in [1.29, 1.82) is 0 Å². The van der Waals surface area contributed by atoms with E-state index in [0.717, 1.165) is 21.9 Å². The number of fused-ring (bicyclic) bond motifs is 1. The normalized spacial score (nSPS) is 16.1. The summed E-state index contributed by atoms with van der Waals surface area (Å²) in [6, 6.07) is 13.6. The predicted molar refractivity (Wildman–Crippen MR) is 131 cm³/mol. The van der Waals surface area contributed by atoms with E-state index in [0.29, 0.717) is 11.2 Å². The highest BCUT2D eigenvalue weighted by Crippen LogP contribution is 2.28. The number of pyridine rings is 2. The Morgan fingerprint density at radius 2 is 2.03 bits per heavy atom. The molecule has 0 aliphatic carbocycles. The van der Waals surface area contributed by atoms with Crippen molar-refractivity contribution in [2.45, 2.75) is 24.2 Å². The van der Waals surface area contributed by atoms with Gasteiger partial charge < -0.3 is 10.6 Å². The van der Waals surface area contributed by atoms with Crippen LogP contribution in [0, 0.1) is 0 Å². The fraction of sp³-hybridized carbons (Fsp3) is 0.120. The minimum absolute atomic E-state index is 0.0664. The summed E-state index contributed by atoms with van der Waals surface area (Å²) in [5.74, 6) is 0.704. The molecule has 2 aromatic heterocycles. The van der Waals surface area contributed by atoms with Gasteiger partial charge in [0.25, 0.3) is 0 Å². The highest BCUT2D eigenvalue weighted by atomic mass is 32.2. The number of hydrogen-bond donors (Lipinski definition) is 2. The molecular formula is C25H24N4OS. The summed E-state index contributed by atoms with van der Waals surface area (Å²) in [6.07, 6.45) is 15.6. The maximum absolute atomic E-state index is 12.9. The number of dihydropyridines is 1. The van der Waals surface area contributed by atoms with Gasteiger partial charge in [-0.1, -0.05) is 54.3 Å². The zero-order chi connectivity index (χ0) is 21.6. The Balaban J connectivity index is 1.89. The van der Waals surface area contributed by atoms with Gasteiger partial charge in [0.1, 0.15) is 10.8 Å². The van der Waals surface area contributed by atoms with Crippen molar-refractivity contribution in [2.75, 3.05) is 5.32 Å². The Labute approximate surface area is 185 Å². The lowest BCUT2D eigenvalue weighted by Crippen LogP contribution is -2.19. The highest BCUT2D eigenvalue weighted by molar-refractivity contribution is 8.00. The van der Waals surface area contributed by atoms with Crippen LogP contribution in [0.4, 0.5) is 5.82 Å². The first-order valence-corrected chi connectivity index (χ1v) is 11.0. The van der Waals surface area contributed by atoms with Gasteiger partial charge in [0.15, 0.2) is 5.43 Å². The Morgan fingerprint density at radius 3 is 2.74 bits per heavy atom. The van der Waals surface area contributed by atoms with Gasteiger partial charge >= 0.3 is 0 Å². The van der Waals surface area contributed by atoms with Gasteiger partial charge in [-0.25, -0.2) is 4.98 Å². The van der Waals surface area contributed by atoms with E-state index in [2.05, 4.69) is 26.3 Å². The van der Waals surface area contributed by atoms with Crippen molar-refractivity contribution in [3.05, 3.63) is 107 Å². The maximum Gasteiger partial charge on any atom is 0.193 e. The second-order valence-electron chi connectivity index (χ2n) is 6.92. The molecule has 0 spiro atoms. The minimum Gasteiger partial charge on any atom is -0.376 e. The van der Waals surface area contributed by atoms with E-state index in [9.17, 15) is 4.79 Å². The molecule has 3 aromatic rings. The largest absolute Gasteiger partial charge is 0.376 e. The monoisotopic (exact) mass is 428 g/mol. The number of anilines is 1. The molecule has 156 valence electrons. The van der Waals surface area contributed by atoms with E-state index in [4.69, 9.17) is 0 Å². The van der Waals surface area contributed by atoms with E-state index < -0.39 is 0 Å². The molecule has 31 heavy (non-hydrogen) atoms. The molecule has 6 heteroatoms. The summed E-state index contributed by atoms with van der Waals surface area (Å²) in [4.78, 5) is 17.5. The lowest BCUT2D eigenvalue weighted by Gasteiger charge is -2.20. The number of para-hydroxylation sites is 1. The van der Waals surface area contributed by atoms with Crippen molar-refractivity contribution in [2.24, 2.45) is 0 Å². The molecule has 1 aliphatic rings. The van der Waals surface area contributed by atoms with Gasteiger partial charge in [-0.3, -0.25) is 9.36 Å². The zero-order valence-corrected chi connectivity index (χ0v) is 18.3. The third kappa shape index (κ3) is 4.64. The fourth-order valence-electron chi connectivity index (χ4n) is 3.38. The molecule has 0 fully saturated rings. The summed E-state index contributed by atoms with van der Waals surface area (Å²) in [5, 5.41) is 8.22. The summed E-state index contributed by atoms with van der Waals surface area (Å²) in [5.41, 5.74) is 2.62. The SMILES string of the molecule is C/C=C\C(=C/C)Nc1cc(=O)c2cnc(SC3C=CC=CN3)cc2n1-c1ccccc1. The molecule has 1 aromatic carbocycles. The van der Waals surface area contributed by atoms with Gasteiger partial charge in [-0.2, -0.15) is 0 Å². The molecule has 0 radical (unpaired) electrons. The van der Waals surface area contributed by atoms with E-state index in [1.54, 1.807) is 24.0 Å². The number of thioether (sulfide) groups is 1. The molecule has 0 amide bonds. The maximum atomic E-state index is 12.9. The van der Waals surface area contributed by atoms with Gasteiger partial charge in [-0.15, -0.1) is 0 Å². The quantitative estimate of drug-likeness (QED) is 0.517. The number of aromatic nitrogens is 2. The van der Waals surface area contributed by atoms with Gasteiger partial charge in [0.2, 0.25) is 0 Å². The molecule has 2 N–H and O–H groups in total. The zero-order valence-electron chi connectivity index (χ0n) is 17.4. The summed E-state index contributed by atoms with van der Waals surface area (Å²) in [7, 11) is 0. The Kier molecular flexibility index (Phi) is 6.38. The van der Waals surface area contributed by atoms with Crippen LogP contribution in [0.25, 0.3) is 16.6 Å². The second kappa shape index (κ2) is 9.53. The number of nitrogens with one attached hydrogen (secondary N) is 2. The van der Waals surface area contributed by atoms with Crippen LogP contribution < -0.4 is 16.1 Å². The molecule has 3 heterocycles. The van der Waals surface area contributed by atoms with E-state index in [1.807, 2.05) is 86.8 Å². The third-order valence-corrected chi connectivity index (χ3v) is 5.83. The van der Waals surface area contributed by atoms with Gasteiger partial charge in [0.05, 0.1) is 16.3 Å². The van der Waals surface area contributed by atoms with Crippen LogP contribution in [0.3, 0.4) is 0 Å². The van der Waals surface area contributed by atoms with Crippen molar-refractivity contribution in [3.63, 3.8) is 0 Å². The number of rotatable bonds is 6. The van der Waals surface area contributed by atoms with Crippen molar-refractivity contribution in [1.82, 2.24) is 14.9 Å². The number of allylic oxidation sites excluding steroid dienone is 5. The number of hydrogen-bond acceptors (Lipinski definition) is 5. The van der Waals surface area contributed by atoms with Crippen molar-refractivity contribution in [3.8, 4) is 5.69 Å². The van der Waals surface area contributed by atoms with Crippen LogP contribution in [0.2, 0.25) is 0 Å². The van der Waals surface area contributed by atoms with Crippen LogP contribution >= 0.6 is 11.8 Å². The first-order valence-electron chi connectivity index (χ1n) is 10.1. The van der Waals surface area contributed by atoms with Crippen LogP contribution in [-0.2, 0) is 0 Å².